The molecular weight excluding hydrogens is 309 g/mol. The molecule has 2 rings (SSSR count). The number of aromatic nitrogens is 2. The number of esters is 1. The van der Waals surface area contributed by atoms with E-state index in [0.29, 0.717) is 12.8 Å². The average molecular weight is 330 g/mol. The highest BCUT2D eigenvalue weighted by molar-refractivity contribution is 5.90. The van der Waals surface area contributed by atoms with Crippen LogP contribution in [0.15, 0.2) is 18.9 Å². The molecule has 128 valence electrons. The Kier molecular flexibility index (Phi) is 5.49. The quantitative estimate of drug-likeness (QED) is 0.594. The molecule has 0 bridgehead atoms. The van der Waals surface area contributed by atoms with Gasteiger partial charge in [0.2, 0.25) is 0 Å². The lowest BCUT2D eigenvalue weighted by molar-refractivity contribution is -0.146. The molecule has 2 atom stereocenters. The fraction of sp³-hybridized carbons (Fsp3) is 0.625. The third-order valence-electron chi connectivity index (χ3n) is 4.21. The van der Waals surface area contributed by atoms with E-state index < -0.39 is 23.4 Å². The van der Waals surface area contributed by atoms with E-state index in [9.17, 15) is 18.0 Å². The van der Waals surface area contributed by atoms with Crippen molar-refractivity contribution < 1.29 is 22.7 Å². The molecule has 7 heteroatoms. The van der Waals surface area contributed by atoms with Gasteiger partial charge in [0.1, 0.15) is 5.56 Å². The topological polar surface area (TPSA) is 44.1 Å². The number of hydrogen-bond acceptors (Lipinski definition) is 3. The number of hydrogen-bond donors (Lipinski definition) is 0. The molecular formula is C16H21F3N2O2. The molecule has 1 aliphatic carbocycles. The van der Waals surface area contributed by atoms with E-state index in [1.54, 1.807) is 13.0 Å². The number of carbonyl (C=O) groups excluding carboxylic acids is 1. The Morgan fingerprint density at radius 2 is 2.17 bits per heavy atom. The second-order valence-corrected chi connectivity index (χ2v) is 5.71. The minimum absolute atomic E-state index is 0.0177. The maximum Gasteiger partial charge on any atom is 0.433 e. The molecule has 1 aromatic rings. The minimum Gasteiger partial charge on any atom is -0.462 e. The van der Waals surface area contributed by atoms with Gasteiger partial charge >= 0.3 is 12.1 Å². The summed E-state index contributed by atoms with van der Waals surface area (Å²) in [5, 5.41) is 3.90. The summed E-state index contributed by atoms with van der Waals surface area (Å²) in [6, 6.07) is -0.374. The number of nitrogens with zero attached hydrogens (tertiary/aromatic N) is 2. The normalized spacial score (nSPS) is 21.9. The van der Waals surface area contributed by atoms with Crippen LogP contribution in [-0.4, -0.2) is 22.4 Å². The van der Waals surface area contributed by atoms with E-state index in [1.165, 1.54) is 0 Å². The lowest BCUT2D eigenvalue weighted by Crippen LogP contribution is -2.28. The summed E-state index contributed by atoms with van der Waals surface area (Å²) in [5.41, 5.74) is -1.51. The minimum atomic E-state index is -4.66. The molecule has 0 aliphatic heterocycles. The number of ether oxygens (including phenoxy) is 1. The van der Waals surface area contributed by atoms with Gasteiger partial charge in [-0.3, -0.25) is 4.68 Å². The number of rotatable bonds is 5. The number of alkyl halides is 3. The van der Waals surface area contributed by atoms with Gasteiger partial charge in [-0.1, -0.05) is 18.9 Å². The summed E-state index contributed by atoms with van der Waals surface area (Å²) in [6.07, 6.45) is 1.97. The van der Waals surface area contributed by atoms with Gasteiger partial charge in [0.15, 0.2) is 5.69 Å². The van der Waals surface area contributed by atoms with Crippen molar-refractivity contribution in [3.05, 3.63) is 30.1 Å². The van der Waals surface area contributed by atoms with Crippen molar-refractivity contribution in [3.63, 3.8) is 0 Å². The van der Waals surface area contributed by atoms with E-state index in [2.05, 4.69) is 11.7 Å². The molecule has 4 nitrogen and oxygen atoms in total. The first-order valence-corrected chi connectivity index (χ1v) is 7.82. The molecule has 1 aromatic heterocycles. The maximum absolute atomic E-state index is 13.5. The first kappa shape index (κ1) is 17.6. The van der Waals surface area contributed by atoms with Gasteiger partial charge in [-0.2, -0.15) is 18.3 Å². The van der Waals surface area contributed by atoms with Crippen molar-refractivity contribution >= 4 is 5.97 Å². The fourth-order valence-corrected chi connectivity index (χ4v) is 3.25. The molecule has 1 fully saturated rings. The molecule has 0 aromatic carbocycles. The van der Waals surface area contributed by atoms with Crippen molar-refractivity contribution in [2.45, 2.75) is 51.2 Å². The van der Waals surface area contributed by atoms with Crippen LogP contribution in [0.3, 0.4) is 0 Å². The van der Waals surface area contributed by atoms with E-state index in [0.717, 1.165) is 30.1 Å². The van der Waals surface area contributed by atoms with Crippen LogP contribution in [0, 0.1) is 5.92 Å². The maximum atomic E-state index is 13.5. The third kappa shape index (κ3) is 3.76. The molecule has 0 unspecified atom stereocenters. The van der Waals surface area contributed by atoms with E-state index in [1.807, 2.05) is 0 Å². The zero-order valence-electron chi connectivity index (χ0n) is 13.1. The number of allylic oxidation sites excluding steroid dienone is 1. The van der Waals surface area contributed by atoms with Gasteiger partial charge in [0, 0.05) is 0 Å². The third-order valence-corrected chi connectivity index (χ3v) is 4.21. The van der Waals surface area contributed by atoms with Crippen LogP contribution < -0.4 is 0 Å². The fourth-order valence-electron chi connectivity index (χ4n) is 3.25. The predicted octanol–water partition coefficient (Wildman–Crippen LogP) is 4.39. The molecule has 0 saturated heterocycles. The largest absolute Gasteiger partial charge is 0.462 e. The molecule has 23 heavy (non-hydrogen) atoms. The van der Waals surface area contributed by atoms with Gasteiger partial charge in [0.25, 0.3) is 0 Å². The van der Waals surface area contributed by atoms with Crippen molar-refractivity contribution in [1.29, 1.82) is 0 Å². The molecule has 1 saturated carbocycles. The highest BCUT2D eigenvalue weighted by Gasteiger charge is 2.43. The first-order chi connectivity index (χ1) is 10.9. The summed E-state index contributed by atoms with van der Waals surface area (Å²) in [4.78, 5) is 11.8. The standard InChI is InChI=1S/C16H21F3N2O2/c1-3-7-11-8-5-6-9-13(11)21-14(16(17,18)19)12(10-20-21)15(22)23-4-2/h3,10-11,13H,1,4-9H2,2H3/t11-,13+/m0/s1. The Balaban J connectivity index is 2.45. The van der Waals surface area contributed by atoms with Gasteiger partial charge in [-0.05, 0) is 32.1 Å². The molecule has 1 heterocycles. The lowest BCUT2D eigenvalue weighted by atomic mass is 9.82. The van der Waals surface area contributed by atoms with Crippen LogP contribution in [0.25, 0.3) is 0 Å². The van der Waals surface area contributed by atoms with Crippen LogP contribution >= 0.6 is 0 Å². The SMILES string of the molecule is C=CC[C@H]1CCCC[C@H]1n1ncc(C(=O)OCC)c1C(F)(F)F. The van der Waals surface area contributed by atoms with E-state index in [-0.39, 0.29) is 18.6 Å². The second-order valence-electron chi connectivity index (χ2n) is 5.71. The van der Waals surface area contributed by atoms with Crippen molar-refractivity contribution in [2.24, 2.45) is 5.92 Å². The Labute approximate surface area is 133 Å². The predicted molar refractivity (Wildman–Crippen MR) is 79.0 cm³/mol. The average Bonchev–Trinajstić information content (AvgIpc) is 2.93. The van der Waals surface area contributed by atoms with Crippen LogP contribution in [0.1, 0.15) is 61.1 Å². The zero-order valence-corrected chi connectivity index (χ0v) is 13.1. The van der Waals surface area contributed by atoms with Gasteiger partial charge in [0.05, 0.1) is 18.8 Å². The second kappa shape index (κ2) is 7.19. The zero-order chi connectivity index (χ0) is 17.0. The summed E-state index contributed by atoms with van der Waals surface area (Å²) in [7, 11) is 0. The monoisotopic (exact) mass is 330 g/mol. The summed E-state index contributed by atoms with van der Waals surface area (Å²) in [5.74, 6) is -0.931. The van der Waals surface area contributed by atoms with Crippen molar-refractivity contribution in [3.8, 4) is 0 Å². The van der Waals surface area contributed by atoms with E-state index in [4.69, 9.17) is 4.74 Å². The Morgan fingerprint density at radius 3 is 2.78 bits per heavy atom. The van der Waals surface area contributed by atoms with Crippen LogP contribution in [0.5, 0.6) is 0 Å². The Hall–Kier alpha value is -1.79. The molecule has 0 N–H and O–H groups in total. The molecule has 0 spiro atoms. The van der Waals surface area contributed by atoms with Crippen LogP contribution in [0.4, 0.5) is 13.2 Å². The highest BCUT2D eigenvalue weighted by Crippen LogP contribution is 2.41. The summed E-state index contributed by atoms with van der Waals surface area (Å²) >= 11 is 0. The van der Waals surface area contributed by atoms with Crippen molar-refractivity contribution in [1.82, 2.24) is 9.78 Å². The van der Waals surface area contributed by atoms with Gasteiger partial charge in [-0.15, -0.1) is 6.58 Å². The summed E-state index contributed by atoms with van der Waals surface area (Å²) < 4.78 is 46.3. The lowest BCUT2D eigenvalue weighted by Gasteiger charge is -2.32. The number of halogens is 3. The number of carbonyl (C=O) groups is 1. The summed E-state index contributed by atoms with van der Waals surface area (Å²) in [6.45, 7) is 5.26. The Bertz CT molecular complexity index is 566. The first-order valence-electron chi connectivity index (χ1n) is 7.82. The molecule has 0 amide bonds. The van der Waals surface area contributed by atoms with Crippen LogP contribution in [0.2, 0.25) is 0 Å². The van der Waals surface area contributed by atoms with Gasteiger partial charge in [-0.25, -0.2) is 4.79 Å². The highest BCUT2D eigenvalue weighted by atomic mass is 19.4. The Morgan fingerprint density at radius 1 is 1.48 bits per heavy atom. The smallest absolute Gasteiger partial charge is 0.433 e. The molecule has 0 radical (unpaired) electrons. The van der Waals surface area contributed by atoms with Crippen molar-refractivity contribution in [2.75, 3.05) is 6.61 Å². The molecule has 1 aliphatic rings. The van der Waals surface area contributed by atoms with E-state index >= 15 is 0 Å². The van der Waals surface area contributed by atoms with Crippen LogP contribution in [-0.2, 0) is 10.9 Å². The van der Waals surface area contributed by atoms with Gasteiger partial charge < -0.3 is 4.74 Å².